The molecule has 8 heavy (non-hydrogen) atoms. The van der Waals surface area contributed by atoms with E-state index in [-0.39, 0.29) is 0 Å². The van der Waals surface area contributed by atoms with Crippen LogP contribution in [0.25, 0.3) is 0 Å². The maximum absolute atomic E-state index is 6.66. The highest BCUT2D eigenvalue weighted by Crippen LogP contribution is 1.72. The van der Waals surface area contributed by atoms with Gasteiger partial charge in [0.25, 0.3) is 0 Å². The molecule has 0 rings (SSSR count). The van der Waals surface area contributed by atoms with Crippen molar-refractivity contribution in [2.75, 3.05) is 14.1 Å². The molecule has 0 heterocycles. The van der Waals surface area contributed by atoms with Crippen LogP contribution in [0.2, 0.25) is 0 Å². The molecule has 3 N–H and O–H groups in total. The molecule has 0 amide bonds. The summed E-state index contributed by atoms with van der Waals surface area (Å²) in [5.41, 5.74) is 0. The van der Waals surface area contributed by atoms with Gasteiger partial charge >= 0.3 is 0 Å². The van der Waals surface area contributed by atoms with E-state index >= 15 is 0 Å². The second kappa shape index (κ2) is 4.18. The van der Waals surface area contributed by atoms with Crippen LogP contribution in [0.4, 0.5) is 0 Å². The fraction of sp³-hybridized carbons (Fsp3) is 0.400. The third kappa shape index (κ3) is 2.23. The lowest BCUT2D eigenvalue weighted by molar-refractivity contribution is 0.840. The van der Waals surface area contributed by atoms with Crippen molar-refractivity contribution in [2.45, 2.75) is 0 Å². The van der Waals surface area contributed by atoms with E-state index in [1.165, 1.54) is 6.21 Å². The minimum atomic E-state index is 0.847. The number of hydrogen-bond donors (Lipinski definition) is 3. The fourth-order valence-corrected chi connectivity index (χ4v) is 0.375. The van der Waals surface area contributed by atoms with E-state index in [0.717, 1.165) is 5.82 Å². The van der Waals surface area contributed by atoms with Gasteiger partial charge in [0.2, 0.25) is 0 Å². The molecule has 0 bridgehead atoms. The Hall–Kier alpha value is -0.990. The molecule has 0 aliphatic rings. The van der Waals surface area contributed by atoms with Gasteiger partial charge in [-0.1, -0.05) is 0 Å². The monoisotopic (exact) mass is 113 g/mol. The van der Waals surface area contributed by atoms with Crippen LogP contribution < -0.4 is 10.6 Å². The second-order valence-electron chi connectivity index (χ2n) is 1.25. The molecular formula is C5H11N3. The molecule has 0 atom stereocenters. The lowest BCUT2D eigenvalue weighted by Crippen LogP contribution is -2.19. The molecule has 0 aromatic heterocycles. The number of nitrogens with one attached hydrogen (secondary N) is 3. The van der Waals surface area contributed by atoms with E-state index in [1.807, 2.05) is 0 Å². The zero-order chi connectivity index (χ0) is 6.41. The summed E-state index contributed by atoms with van der Waals surface area (Å²) in [4.78, 5) is 0. The van der Waals surface area contributed by atoms with E-state index in [0.29, 0.717) is 0 Å². The SMILES string of the molecule is CNC(=CC=N)NC. The first-order valence-electron chi connectivity index (χ1n) is 2.41. The Morgan fingerprint density at radius 1 is 1.38 bits per heavy atom. The highest BCUT2D eigenvalue weighted by atomic mass is 15.0. The first-order valence-corrected chi connectivity index (χ1v) is 2.41. The van der Waals surface area contributed by atoms with Crippen molar-refractivity contribution in [3.8, 4) is 0 Å². The molecule has 3 nitrogen and oxygen atoms in total. The fourth-order valence-electron chi connectivity index (χ4n) is 0.375. The van der Waals surface area contributed by atoms with Gasteiger partial charge in [-0.2, -0.15) is 0 Å². The molecule has 0 aliphatic heterocycles. The van der Waals surface area contributed by atoms with Crippen molar-refractivity contribution in [3.05, 3.63) is 11.9 Å². The second-order valence-corrected chi connectivity index (χ2v) is 1.25. The Morgan fingerprint density at radius 2 is 1.88 bits per heavy atom. The maximum atomic E-state index is 6.66. The van der Waals surface area contributed by atoms with Gasteiger partial charge in [0.05, 0.1) is 5.82 Å². The van der Waals surface area contributed by atoms with Crippen molar-refractivity contribution in [2.24, 2.45) is 0 Å². The third-order valence-electron chi connectivity index (χ3n) is 0.789. The normalized spacial score (nSPS) is 7.25. The Balaban J connectivity index is 3.66. The lowest BCUT2D eigenvalue weighted by Gasteiger charge is -2.01. The van der Waals surface area contributed by atoms with E-state index < -0.39 is 0 Å². The molecule has 0 radical (unpaired) electrons. The summed E-state index contributed by atoms with van der Waals surface area (Å²) in [7, 11) is 3.59. The standard InChI is InChI=1S/C5H11N3/c1-7-5(8-2)3-4-6/h3-4,6-8H,1-2H3. The molecule has 46 valence electrons. The van der Waals surface area contributed by atoms with Crippen molar-refractivity contribution >= 4 is 6.21 Å². The van der Waals surface area contributed by atoms with E-state index in [9.17, 15) is 0 Å². The van der Waals surface area contributed by atoms with Crippen LogP contribution in [-0.2, 0) is 0 Å². The highest BCUT2D eigenvalue weighted by Gasteiger charge is 1.79. The summed E-state index contributed by atoms with van der Waals surface area (Å²) >= 11 is 0. The smallest absolute Gasteiger partial charge is 0.0996 e. The topological polar surface area (TPSA) is 47.9 Å². The number of hydrogen-bond acceptors (Lipinski definition) is 3. The van der Waals surface area contributed by atoms with Crippen LogP contribution in [0.3, 0.4) is 0 Å². The van der Waals surface area contributed by atoms with E-state index in [4.69, 9.17) is 5.41 Å². The summed E-state index contributed by atoms with van der Waals surface area (Å²) < 4.78 is 0. The average Bonchev–Trinajstić information content (AvgIpc) is 1.83. The summed E-state index contributed by atoms with van der Waals surface area (Å²) in [5.74, 6) is 0.847. The van der Waals surface area contributed by atoms with Crippen LogP contribution >= 0.6 is 0 Å². The predicted molar refractivity (Wildman–Crippen MR) is 35.0 cm³/mol. The lowest BCUT2D eigenvalue weighted by atomic mass is 10.6. The Labute approximate surface area is 49.3 Å². The van der Waals surface area contributed by atoms with Gasteiger partial charge in [-0.3, -0.25) is 0 Å². The largest absolute Gasteiger partial charge is 0.375 e. The predicted octanol–water partition coefficient (Wildman–Crippen LogP) is -0.0838. The van der Waals surface area contributed by atoms with Gasteiger partial charge in [-0.25, -0.2) is 0 Å². The van der Waals surface area contributed by atoms with Gasteiger partial charge in [-0.15, -0.1) is 0 Å². The molecule has 0 fully saturated rings. The van der Waals surface area contributed by atoms with Crippen molar-refractivity contribution in [1.29, 1.82) is 5.41 Å². The number of allylic oxidation sites excluding steroid dienone is 1. The van der Waals surface area contributed by atoms with Crippen LogP contribution in [0, 0.1) is 5.41 Å². The summed E-state index contributed by atoms with van der Waals surface area (Å²) in [6.45, 7) is 0. The summed E-state index contributed by atoms with van der Waals surface area (Å²) in [5, 5.41) is 12.4. The van der Waals surface area contributed by atoms with E-state index in [1.54, 1.807) is 20.2 Å². The van der Waals surface area contributed by atoms with Crippen LogP contribution in [0.5, 0.6) is 0 Å². The molecule has 0 aromatic carbocycles. The van der Waals surface area contributed by atoms with E-state index in [2.05, 4.69) is 10.6 Å². The zero-order valence-electron chi connectivity index (χ0n) is 5.15. The van der Waals surface area contributed by atoms with Crippen LogP contribution in [-0.4, -0.2) is 20.3 Å². The Morgan fingerprint density at radius 3 is 2.00 bits per heavy atom. The van der Waals surface area contributed by atoms with Gasteiger partial charge in [0.1, 0.15) is 0 Å². The highest BCUT2D eigenvalue weighted by molar-refractivity contribution is 5.68. The molecule has 0 aliphatic carbocycles. The molecule has 0 saturated heterocycles. The van der Waals surface area contributed by atoms with Gasteiger partial charge in [-0.05, 0) is 6.08 Å². The molecule has 3 heteroatoms. The molecule has 0 unspecified atom stereocenters. The van der Waals surface area contributed by atoms with Crippen molar-refractivity contribution < 1.29 is 0 Å². The Bertz CT molecular complexity index is 89.8. The molecule has 0 aromatic rings. The minimum absolute atomic E-state index is 0.847. The first-order chi connectivity index (χ1) is 3.85. The molecule has 0 saturated carbocycles. The third-order valence-corrected chi connectivity index (χ3v) is 0.789. The minimum Gasteiger partial charge on any atom is -0.375 e. The zero-order valence-corrected chi connectivity index (χ0v) is 5.15. The summed E-state index contributed by atoms with van der Waals surface area (Å²) in [6.07, 6.45) is 2.86. The Kier molecular flexibility index (Phi) is 3.66. The van der Waals surface area contributed by atoms with Crippen LogP contribution in [0.15, 0.2) is 11.9 Å². The number of rotatable bonds is 3. The van der Waals surface area contributed by atoms with Crippen molar-refractivity contribution in [1.82, 2.24) is 10.6 Å². The maximum Gasteiger partial charge on any atom is 0.0996 e. The summed E-state index contributed by atoms with van der Waals surface area (Å²) in [6, 6.07) is 0. The van der Waals surface area contributed by atoms with Gasteiger partial charge in [0.15, 0.2) is 0 Å². The van der Waals surface area contributed by atoms with Gasteiger partial charge in [0, 0.05) is 20.3 Å². The average molecular weight is 113 g/mol. The molecular weight excluding hydrogens is 102 g/mol. The van der Waals surface area contributed by atoms with Crippen LogP contribution in [0.1, 0.15) is 0 Å². The van der Waals surface area contributed by atoms with Crippen molar-refractivity contribution in [3.63, 3.8) is 0 Å². The van der Waals surface area contributed by atoms with Gasteiger partial charge < -0.3 is 16.0 Å². The first kappa shape index (κ1) is 7.01. The molecule has 0 spiro atoms. The quantitative estimate of drug-likeness (QED) is 0.448.